The highest BCUT2D eigenvalue weighted by molar-refractivity contribution is 5.96. The van der Waals surface area contributed by atoms with E-state index in [0.29, 0.717) is 0 Å². The van der Waals surface area contributed by atoms with Gasteiger partial charge in [0.15, 0.2) is 0 Å². The van der Waals surface area contributed by atoms with Gasteiger partial charge in [0.25, 0.3) is 5.91 Å². The van der Waals surface area contributed by atoms with E-state index in [1.807, 2.05) is 61.1 Å². The average molecular weight is 389 g/mol. The summed E-state index contributed by atoms with van der Waals surface area (Å²) >= 11 is 0. The number of hydrogen-bond acceptors (Lipinski definition) is 2. The first-order valence-electron chi connectivity index (χ1n) is 8.85. The number of rotatable bonds is 5. The monoisotopic (exact) mass is 389 g/mol. The van der Waals surface area contributed by atoms with Crippen LogP contribution in [0, 0.1) is 0 Å². The first-order chi connectivity index (χ1) is 13.2. The van der Waals surface area contributed by atoms with Crippen LogP contribution in [-0.4, -0.2) is 36.0 Å². The predicted octanol–water partition coefficient (Wildman–Crippen LogP) is 4.23. The fourth-order valence-corrected chi connectivity index (χ4v) is 3.42. The molecule has 148 valence electrons. The van der Waals surface area contributed by atoms with Crippen LogP contribution in [-0.2, 0) is 13.2 Å². The van der Waals surface area contributed by atoms with E-state index in [9.17, 15) is 18.0 Å². The summed E-state index contributed by atoms with van der Waals surface area (Å²) in [6, 6.07) is 12.5. The third-order valence-electron chi connectivity index (χ3n) is 4.84. The van der Waals surface area contributed by atoms with Gasteiger partial charge in [-0.2, -0.15) is 13.2 Å². The number of halogens is 3. The fourth-order valence-electron chi connectivity index (χ4n) is 3.42. The Bertz CT molecular complexity index is 992. The van der Waals surface area contributed by atoms with E-state index >= 15 is 0 Å². The molecular formula is C21H22F3N3O. The van der Waals surface area contributed by atoms with Crippen LogP contribution in [0.3, 0.4) is 0 Å². The number of alkyl halides is 3. The van der Waals surface area contributed by atoms with Gasteiger partial charge in [-0.15, -0.1) is 0 Å². The standard InChI is InChI=1S/C21H22F3N3O/c1-26(2)19(16-13-27(3)18-11-7-5-8-14(16)18)12-25-20(28)15-9-4-6-10-17(15)21(22,23)24/h4-11,13,19H,12H2,1-3H3,(H,25,28)/t19-/m0/s1. The van der Waals surface area contributed by atoms with E-state index in [2.05, 4.69) is 5.32 Å². The smallest absolute Gasteiger partial charge is 0.350 e. The van der Waals surface area contributed by atoms with Gasteiger partial charge in [0.2, 0.25) is 0 Å². The van der Waals surface area contributed by atoms with Crippen LogP contribution in [0.5, 0.6) is 0 Å². The van der Waals surface area contributed by atoms with E-state index in [1.54, 1.807) is 0 Å². The van der Waals surface area contributed by atoms with Gasteiger partial charge < -0.3 is 14.8 Å². The Balaban J connectivity index is 1.86. The third-order valence-corrected chi connectivity index (χ3v) is 4.84. The van der Waals surface area contributed by atoms with Gasteiger partial charge in [-0.05, 0) is 37.9 Å². The summed E-state index contributed by atoms with van der Waals surface area (Å²) in [6.45, 7) is 0.187. The first kappa shape index (κ1) is 19.9. The minimum absolute atomic E-state index is 0.187. The Morgan fingerprint density at radius 2 is 1.75 bits per heavy atom. The molecule has 28 heavy (non-hydrogen) atoms. The molecule has 0 saturated heterocycles. The topological polar surface area (TPSA) is 37.3 Å². The number of amides is 1. The molecule has 7 heteroatoms. The molecule has 0 unspecified atom stereocenters. The van der Waals surface area contributed by atoms with Crippen LogP contribution in [0.4, 0.5) is 13.2 Å². The lowest BCUT2D eigenvalue weighted by molar-refractivity contribution is -0.137. The maximum absolute atomic E-state index is 13.2. The minimum Gasteiger partial charge on any atom is -0.350 e. The molecule has 0 fully saturated rings. The second kappa shape index (κ2) is 7.67. The highest BCUT2D eigenvalue weighted by atomic mass is 19.4. The van der Waals surface area contributed by atoms with E-state index in [4.69, 9.17) is 0 Å². The van der Waals surface area contributed by atoms with Crippen molar-refractivity contribution >= 4 is 16.8 Å². The van der Waals surface area contributed by atoms with Crippen molar-refractivity contribution in [1.29, 1.82) is 0 Å². The largest absolute Gasteiger partial charge is 0.417 e. The number of aromatic nitrogens is 1. The van der Waals surface area contributed by atoms with Crippen molar-refractivity contribution in [1.82, 2.24) is 14.8 Å². The zero-order valence-corrected chi connectivity index (χ0v) is 15.9. The highest BCUT2D eigenvalue weighted by Gasteiger charge is 2.35. The number of para-hydroxylation sites is 1. The minimum atomic E-state index is -4.58. The molecule has 3 aromatic rings. The van der Waals surface area contributed by atoms with Gasteiger partial charge in [-0.1, -0.05) is 30.3 Å². The number of fused-ring (bicyclic) bond motifs is 1. The van der Waals surface area contributed by atoms with Crippen molar-refractivity contribution in [2.24, 2.45) is 7.05 Å². The van der Waals surface area contributed by atoms with Crippen molar-refractivity contribution in [3.63, 3.8) is 0 Å². The number of nitrogens with zero attached hydrogens (tertiary/aromatic N) is 2. The second-order valence-corrected chi connectivity index (χ2v) is 6.95. The number of likely N-dealkylation sites (N-methyl/N-ethyl adjacent to an activating group) is 1. The molecule has 1 aromatic heterocycles. The number of carbonyl (C=O) groups excluding carboxylic acids is 1. The molecule has 0 aliphatic carbocycles. The Hall–Kier alpha value is -2.80. The zero-order valence-electron chi connectivity index (χ0n) is 15.9. The lowest BCUT2D eigenvalue weighted by Gasteiger charge is -2.25. The summed E-state index contributed by atoms with van der Waals surface area (Å²) < 4.78 is 41.6. The lowest BCUT2D eigenvalue weighted by atomic mass is 10.0. The molecule has 0 saturated carbocycles. The quantitative estimate of drug-likeness (QED) is 0.709. The summed E-state index contributed by atoms with van der Waals surface area (Å²) in [4.78, 5) is 14.4. The molecule has 1 N–H and O–H groups in total. The van der Waals surface area contributed by atoms with Crippen molar-refractivity contribution in [2.75, 3.05) is 20.6 Å². The van der Waals surface area contributed by atoms with E-state index in [0.717, 1.165) is 22.5 Å². The Morgan fingerprint density at radius 3 is 2.43 bits per heavy atom. The molecule has 0 spiro atoms. The summed E-state index contributed by atoms with van der Waals surface area (Å²) in [5, 5.41) is 3.73. The molecule has 3 rings (SSSR count). The molecule has 1 atom stereocenters. The molecule has 0 bridgehead atoms. The van der Waals surface area contributed by atoms with Crippen molar-refractivity contribution in [3.05, 3.63) is 71.4 Å². The van der Waals surface area contributed by atoms with Crippen molar-refractivity contribution in [3.8, 4) is 0 Å². The zero-order chi connectivity index (χ0) is 20.5. The Kier molecular flexibility index (Phi) is 5.47. The van der Waals surface area contributed by atoms with Crippen LogP contribution in [0.25, 0.3) is 10.9 Å². The van der Waals surface area contributed by atoms with E-state index in [1.165, 1.54) is 18.2 Å². The van der Waals surface area contributed by atoms with Crippen molar-refractivity contribution < 1.29 is 18.0 Å². The molecule has 0 radical (unpaired) electrons. The molecule has 4 nitrogen and oxygen atoms in total. The fraction of sp³-hybridized carbons (Fsp3) is 0.286. The summed E-state index contributed by atoms with van der Waals surface area (Å²) in [5.74, 6) is -0.736. The average Bonchev–Trinajstić information content (AvgIpc) is 2.98. The maximum atomic E-state index is 13.2. The summed E-state index contributed by atoms with van der Waals surface area (Å²) in [7, 11) is 5.70. The maximum Gasteiger partial charge on any atom is 0.417 e. The van der Waals surface area contributed by atoms with E-state index in [-0.39, 0.29) is 18.2 Å². The first-order valence-corrected chi connectivity index (χ1v) is 8.85. The van der Waals surface area contributed by atoms with Crippen LogP contribution in [0.1, 0.15) is 27.5 Å². The number of benzene rings is 2. The Labute approximate surface area is 161 Å². The predicted molar refractivity (Wildman–Crippen MR) is 103 cm³/mol. The molecule has 0 aliphatic heterocycles. The summed E-state index contributed by atoms with van der Waals surface area (Å²) in [5.41, 5.74) is 0.759. The van der Waals surface area contributed by atoms with Gasteiger partial charge in [-0.3, -0.25) is 4.79 Å². The van der Waals surface area contributed by atoms with Crippen LogP contribution >= 0.6 is 0 Å². The van der Waals surface area contributed by atoms with Gasteiger partial charge in [0.05, 0.1) is 17.2 Å². The third kappa shape index (κ3) is 3.89. The lowest BCUT2D eigenvalue weighted by Crippen LogP contribution is -2.35. The SMILES string of the molecule is CN(C)[C@@H](CNC(=O)c1ccccc1C(F)(F)F)c1cn(C)c2ccccc12. The summed E-state index contributed by atoms with van der Waals surface area (Å²) in [6.07, 6.45) is -2.59. The van der Waals surface area contributed by atoms with Crippen molar-refractivity contribution in [2.45, 2.75) is 12.2 Å². The van der Waals surface area contributed by atoms with Crippen LogP contribution in [0.15, 0.2) is 54.7 Å². The van der Waals surface area contributed by atoms with Gasteiger partial charge >= 0.3 is 6.18 Å². The Morgan fingerprint density at radius 1 is 1.11 bits per heavy atom. The highest BCUT2D eigenvalue weighted by Crippen LogP contribution is 2.32. The molecule has 2 aromatic carbocycles. The van der Waals surface area contributed by atoms with Crippen LogP contribution < -0.4 is 5.32 Å². The number of hydrogen-bond donors (Lipinski definition) is 1. The van der Waals surface area contributed by atoms with Gasteiger partial charge in [-0.25, -0.2) is 0 Å². The molecule has 1 amide bonds. The molecular weight excluding hydrogens is 367 g/mol. The van der Waals surface area contributed by atoms with Gasteiger partial charge in [0, 0.05) is 30.7 Å². The molecule has 0 aliphatic rings. The number of nitrogens with one attached hydrogen (secondary N) is 1. The van der Waals surface area contributed by atoms with E-state index < -0.39 is 17.6 Å². The number of carbonyl (C=O) groups is 1. The second-order valence-electron chi connectivity index (χ2n) is 6.95. The normalized spacial score (nSPS) is 13.1. The number of aryl methyl sites for hydroxylation is 1. The van der Waals surface area contributed by atoms with Gasteiger partial charge in [0.1, 0.15) is 0 Å². The molecule has 1 heterocycles. The van der Waals surface area contributed by atoms with Crippen LogP contribution in [0.2, 0.25) is 0 Å².